The van der Waals surface area contributed by atoms with E-state index in [1.165, 1.54) is 0 Å². The van der Waals surface area contributed by atoms with Gasteiger partial charge in [0.05, 0.1) is 27.5 Å². The fraction of sp³-hybridized carbons (Fsp3) is 0.348. The Labute approximate surface area is 191 Å². The van der Waals surface area contributed by atoms with Crippen LogP contribution in [-0.4, -0.2) is 30.6 Å². The van der Waals surface area contributed by atoms with Gasteiger partial charge in [-0.2, -0.15) is 0 Å². The van der Waals surface area contributed by atoms with E-state index in [1.807, 2.05) is 47.7 Å². The number of aryl methyl sites for hydroxylation is 2. The summed E-state index contributed by atoms with van der Waals surface area (Å²) < 4.78 is 3.55. The zero-order valence-electron chi connectivity index (χ0n) is 18.1. The molecule has 0 saturated heterocycles. The highest BCUT2D eigenvalue weighted by atomic mass is 35.5. The molecule has 4 rings (SSSR count). The molecule has 0 amide bonds. The number of fused-ring (bicyclic) bond motifs is 3. The summed E-state index contributed by atoms with van der Waals surface area (Å²) in [7, 11) is 1.74. The largest absolute Gasteiger partial charge is 0.289 e. The number of hydrogen-bond donors (Lipinski definition) is 0. The minimum atomic E-state index is -0.0697. The Morgan fingerprint density at radius 2 is 1.87 bits per heavy atom. The van der Waals surface area contributed by atoms with Gasteiger partial charge in [-0.05, 0) is 56.6 Å². The summed E-state index contributed by atoms with van der Waals surface area (Å²) in [6.07, 6.45) is 0.987. The van der Waals surface area contributed by atoms with Gasteiger partial charge in [0.15, 0.2) is 5.82 Å². The standard InChI is InChI=1S/C23H25Cl2N5O/c1-5-10-29(15(3)16-7-8-18(24)19(25)12-16)13-21-26-27-23-28(4)22(31)17-11-14(2)6-9-20(17)30(21)23/h6-9,11-12,15H,5,10,13H2,1-4H3. The van der Waals surface area contributed by atoms with E-state index in [0.717, 1.165) is 35.4 Å². The number of hydrogen-bond acceptors (Lipinski definition) is 4. The molecule has 1 atom stereocenters. The van der Waals surface area contributed by atoms with Gasteiger partial charge in [0.1, 0.15) is 0 Å². The molecule has 0 saturated carbocycles. The van der Waals surface area contributed by atoms with Crippen LogP contribution in [0, 0.1) is 6.92 Å². The Kier molecular flexibility index (Phi) is 6.06. The lowest BCUT2D eigenvalue weighted by Crippen LogP contribution is -2.29. The molecule has 1 unspecified atom stereocenters. The second-order valence-corrected chi connectivity index (χ2v) is 8.77. The number of rotatable bonds is 6. The topological polar surface area (TPSA) is 55.4 Å². The first-order valence-corrected chi connectivity index (χ1v) is 11.1. The number of halogens is 2. The van der Waals surface area contributed by atoms with Crippen molar-refractivity contribution in [1.29, 1.82) is 0 Å². The summed E-state index contributed by atoms with van der Waals surface area (Å²) in [5.74, 6) is 1.33. The minimum Gasteiger partial charge on any atom is -0.289 e. The predicted octanol–water partition coefficient (Wildman–Crippen LogP) is 5.17. The molecule has 0 aliphatic heterocycles. The van der Waals surface area contributed by atoms with Crippen LogP contribution in [0.3, 0.4) is 0 Å². The zero-order chi connectivity index (χ0) is 22.3. The summed E-state index contributed by atoms with van der Waals surface area (Å²) >= 11 is 12.4. The zero-order valence-corrected chi connectivity index (χ0v) is 19.6. The van der Waals surface area contributed by atoms with E-state index in [9.17, 15) is 4.79 Å². The fourth-order valence-corrected chi connectivity index (χ4v) is 4.33. The van der Waals surface area contributed by atoms with E-state index >= 15 is 0 Å². The van der Waals surface area contributed by atoms with Gasteiger partial charge in [-0.25, -0.2) is 0 Å². The van der Waals surface area contributed by atoms with Crippen molar-refractivity contribution in [3.8, 4) is 0 Å². The monoisotopic (exact) mass is 457 g/mol. The lowest BCUT2D eigenvalue weighted by Gasteiger charge is -2.28. The number of aromatic nitrogens is 4. The summed E-state index contributed by atoms with van der Waals surface area (Å²) in [5, 5.41) is 10.6. The van der Waals surface area contributed by atoms with Crippen LogP contribution in [0.4, 0.5) is 0 Å². The van der Waals surface area contributed by atoms with Gasteiger partial charge in [-0.3, -0.25) is 18.7 Å². The van der Waals surface area contributed by atoms with Crippen molar-refractivity contribution >= 4 is 39.9 Å². The second-order valence-electron chi connectivity index (χ2n) is 7.96. The van der Waals surface area contributed by atoms with Crippen LogP contribution in [0.25, 0.3) is 16.7 Å². The highest BCUT2D eigenvalue weighted by Crippen LogP contribution is 2.29. The van der Waals surface area contributed by atoms with Crippen molar-refractivity contribution in [2.24, 2.45) is 7.05 Å². The van der Waals surface area contributed by atoms with Crippen LogP contribution in [0.15, 0.2) is 41.2 Å². The summed E-state index contributed by atoms with van der Waals surface area (Å²) in [5.41, 5.74) is 2.88. The molecule has 8 heteroatoms. The first-order valence-electron chi connectivity index (χ1n) is 10.3. The highest BCUT2D eigenvalue weighted by molar-refractivity contribution is 6.42. The molecule has 31 heavy (non-hydrogen) atoms. The van der Waals surface area contributed by atoms with Gasteiger partial charge in [0, 0.05) is 13.1 Å². The SMILES string of the molecule is CCCN(Cc1nnc2n(C)c(=O)c3cc(C)ccc3n12)C(C)c1ccc(Cl)c(Cl)c1. The van der Waals surface area contributed by atoms with Crippen LogP contribution >= 0.6 is 23.2 Å². The minimum absolute atomic E-state index is 0.0697. The molecule has 2 aromatic carbocycles. The molecule has 0 spiro atoms. The van der Waals surface area contributed by atoms with Gasteiger partial charge < -0.3 is 0 Å². The molecule has 0 aliphatic rings. The van der Waals surface area contributed by atoms with E-state index in [1.54, 1.807) is 11.6 Å². The van der Waals surface area contributed by atoms with Gasteiger partial charge in [0.2, 0.25) is 5.78 Å². The molecule has 0 radical (unpaired) electrons. The summed E-state index contributed by atoms with van der Waals surface area (Å²) in [6.45, 7) is 7.74. The van der Waals surface area contributed by atoms with Gasteiger partial charge >= 0.3 is 0 Å². The molecule has 0 fully saturated rings. The molecular weight excluding hydrogens is 433 g/mol. The summed E-state index contributed by atoms with van der Waals surface area (Å²) in [6, 6.07) is 11.8. The Bertz CT molecular complexity index is 1330. The average Bonchev–Trinajstić information content (AvgIpc) is 3.17. The normalized spacial score (nSPS) is 12.9. The van der Waals surface area contributed by atoms with E-state index < -0.39 is 0 Å². The van der Waals surface area contributed by atoms with Crippen molar-refractivity contribution in [1.82, 2.24) is 24.1 Å². The Morgan fingerprint density at radius 3 is 2.58 bits per heavy atom. The van der Waals surface area contributed by atoms with Crippen molar-refractivity contribution in [3.05, 3.63) is 73.7 Å². The molecule has 4 aromatic rings. The van der Waals surface area contributed by atoms with E-state index in [-0.39, 0.29) is 11.6 Å². The molecule has 0 bridgehead atoms. The molecule has 162 valence electrons. The third kappa shape index (κ3) is 3.95. The Hall–Kier alpha value is -2.41. The molecule has 2 heterocycles. The third-order valence-electron chi connectivity index (χ3n) is 5.77. The van der Waals surface area contributed by atoms with Crippen LogP contribution in [0.1, 0.15) is 43.3 Å². The fourth-order valence-electron chi connectivity index (χ4n) is 4.02. The van der Waals surface area contributed by atoms with Gasteiger partial charge in [-0.15, -0.1) is 10.2 Å². The van der Waals surface area contributed by atoms with Gasteiger partial charge in [-0.1, -0.05) is 47.8 Å². The maximum atomic E-state index is 12.8. The summed E-state index contributed by atoms with van der Waals surface area (Å²) in [4.78, 5) is 15.2. The first-order chi connectivity index (χ1) is 14.8. The van der Waals surface area contributed by atoms with Crippen molar-refractivity contribution < 1.29 is 0 Å². The molecule has 2 aromatic heterocycles. The van der Waals surface area contributed by atoms with Crippen LogP contribution in [0.2, 0.25) is 10.0 Å². The molecule has 0 aliphatic carbocycles. The maximum Gasteiger partial charge on any atom is 0.262 e. The van der Waals surface area contributed by atoms with Crippen LogP contribution in [-0.2, 0) is 13.6 Å². The van der Waals surface area contributed by atoms with E-state index in [4.69, 9.17) is 23.2 Å². The van der Waals surface area contributed by atoms with Crippen molar-refractivity contribution in [2.45, 2.75) is 39.8 Å². The van der Waals surface area contributed by atoms with Gasteiger partial charge in [0.25, 0.3) is 5.56 Å². The predicted molar refractivity (Wildman–Crippen MR) is 126 cm³/mol. The third-order valence-corrected chi connectivity index (χ3v) is 6.51. The van der Waals surface area contributed by atoms with Crippen molar-refractivity contribution in [2.75, 3.05) is 6.54 Å². The van der Waals surface area contributed by atoms with E-state index in [0.29, 0.717) is 27.8 Å². The number of benzene rings is 2. The molecule has 6 nitrogen and oxygen atoms in total. The van der Waals surface area contributed by atoms with Crippen LogP contribution < -0.4 is 5.56 Å². The average molecular weight is 458 g/mol. The Morgan fingerprint density at radius 1 is 1.10 bits per heavy atom. The molecule has 0 N–H and O–H groups in total. The van der Waals surface area contributed by atoms with Crippen molar-refractivity contribution in [3.63, 3.8) is 0 Å². The second kappa shape index (κ2) is 8.61. The van der Waals surface area contributed by atoms with E-state index in [2.05, 4.69) is 28.9 Å². The van der Waals surface area contributed by atoms with Crippen LogP contribution in [0.5, 0.6) is 0 Å². The maximum absolute atomic E-state index is 12.8. The highest BCUT2D eigenvalue weighted by Gasteiger charge is 2.21. The number of nitrogens with zero attached hydrogens (tertiary/aromatic N) is 5. The molecular formula is C23H25Cl2N5O. The lowest BCUT2D eigenvalue weighted by molar-refractivity contribution is 0.196. The Balaban J connectivity index is 1.81. The first kappa shape index (κ1) is 21.8. The lowest BCUT2D eigenvalue weighted by atomic mass is 10.1. The smallest absolute Gasteiger partial charge is 0.262 e. The quantitative estimate of drug-likeness (QED) is 0.400.